The van der Waals surface area contributed by atoms with Crippen LogP contribution in [0, 0.1) is 6.92 Å². The smallest absolute Gasteiger partial charge is 0.137 e. The monoisotopic (exact) mass is 269 g/mol. The maximum Gasteiger partial charge on any atom is 0.137 e. The van der Waals surface area contributed by atoms with E-state index in [1.807, 2.05) is 6.20 Å². The summed E-state index contributed by atoms with van der Waals surface area (Å²) in [5.74, 6) is 1.79. The molecule has 0 radical (unpaired) electrons. The summed E-state index contributed by atoms with van der Waals surface area (Å²) in [5, 5.41) is 4.62. The van der Waals surface area contributed by atoms with Crippen molar-refractivity contribution in [2.45, 2.75) is 26.3 Å². The average molecular weight is 269 g/mol. The van der Waals surface area contributed by atoms with E-state index >= 15 is 0 Å². The number of H-pyrrole nitrogens is 1. The van der Waals surface area contributed by atoms with Crippen LogP contribution in [0.1, 0.15) is 36.5 Å². The van der Waals surface area contributed by atoms with E-state index in [0.29, 0.717) is 0 Å². The number of aromatic amines is 1. The van der Waals surface area contributed by atoms with E-state index in [1.54, 1.807) is 6.20 Å². The number of benzene rings is 1. The van der Waals surface area contributed by atoms with Crippen LogP contribution >= 0.6 is 0 Å². The molecule has 0 aliphatic heterocycles. The molecule has 2 heterocycles. The first-order valence-corrected chi connectivity index (χ1v) is 7.01. The van der Waals surface area contributed by atoms with Crippen molar-refractivity contribution >= 4 is 11.0 Å². The van der Waals surface area contributed by atoms with Crippen molar-refractivity contribution in [2.24, 2.45) is 0 Å². The summed E-state index contributed by atoms with van der Waals surface area (Å²) in [4.78, 5) is 7.53. The third-order valence-electron chi connectivity index (χ3n) is 3.44. The van der Waals surface area contributed by atoms with Gasteiger partial charge in [-0.2, -0.15) is 0 Å². The Bertz CT molecular complexity index is 685. The third-order valence-corrected chi connectivity index (χ3v) is 3.44. The molecule has 20 heavy (non-hydrogen) atoms. The molecule has 3 rings (SSSR count). The highest BCUT2D eigenvalue weighted by molar-refractivity contribution is 5.81. The topological polar surface area (TPSA) is 53.9 Å². The molecular weight excluding hydrogens is 250 g/mol. The number of hydrogen-bond donors (Lipinski definition) is 2. The molecule has 0 aliphatic carbocycles. The standard InChI is InChI=1S/C16H19N3O/c1-3-7-17-14(16-18-8-9-19-16)13-10-12-6-4-5-11(2)15(12)20-13/h4-6,8-10,14,17H,3,7H2,1-2H3,(H,18,19). The second-order valence-electron chi connectivity index (χ2n) is 5.00. The van der Waals surface area contributed by atoms with Gasteiger partial charge in [-0.3, -0.25) is 0 Å². The van der Waals surface area contributed by atoms with Crippen molar-refractivity contribution in [3.63, 3.8) is 0 Å². The number of nitrogens with zero attached hydrogens (tertiary/aromatic N) is 1. The van der Waals surface area contributed by atoms with Crippen LogP contribution in [0.5, 0.6) is 0 Å². The number of aryl methyl sites for hydroxylation is 1. The first kappa shape index (κ1) is 12.9. The Kier molecular flexibility index (Phi) is 3.56. The number of rotatable bonds is 5. The van der Waals surface area contributed by atoms with E-state index in [-0.39, 0.29) is 6.04 Å². The molecule has 0 saturated heterocycles. The number of para-hydroxylation sites is 1. The van der Waals surface area contributed by atoms with Crippen molar-refractivity contribution in [1.29, 1.82) is 0 Å². The van der Waals surface area contributed by atoms with Gasteiger partial charge in [0.25, 0.3) is 0 Å². The molecule has 0 saturated carbocycles. The van der Waals surface area contributed by atoms with Gasteiger partial charge in [-0.05, 0) is 31.5 Å². The number of aromatic nitrogens is 2. The van der Waals surface area contributed by atoms with E-state index in [1.165, 1.54) is 0 Å². The highest BCUT2D eigenvalue weighted by Gasteiger charge is 2.20. The molecule has 104 valence electrons. The summed E-state index contributed by atoms with van der Waals surface area (Å²) in [6.45, 7) is 5.13. The molecule has 1 unspecified atom stereocenters. The molecule has 0 aliphatic rings. The van der Waals surface area contributed by atoms with Crippen molar-refractivity contribution in [2.75, 3.05) is 6.54 Å². The van der Waals surface area contributed by atoms with Gasteiger partial charge in [0.1, 0.15) is 23.2 Å². The number of furan rings is 1. The normalized spacial score (nSPS) is 12.9. The van der Waals surface area contributed by atoms with Gasteiger partial charge in [0, 0.05) is 17.8 Å². The zero-order chi connectivity index (χ0) is 13.9. The van der Waals surface area contributed by atoms with Gasteiger partial charge in [0.2, 0.25) is 0 Å². The van der Waals surface area contributed by atoms with Crippen LogP contribution in [-0.4, -0.2) is 16.5 Å². The minimum absolute atomic E-state index is 0.0308. The zero-order valence-corrected chi connectivity index (χ0v) is 11.8. The van der Waals surface area contributed by atoms with Crippen LogP contribution in [0.4, 0.5) is 0 Å². The third kappa shape index (κ3) is 2.34. The zero-order valence-electron chi connectivity index (χ0n) is 11.8. The van der Waals surface area contributed by atoms with Gasteiger partial charge in [0.15, 0.2) is 0 Å². The summed E-state index contributed by atoms with van der Waals surface area (Å²) in [6.07, 6.45) is 4.67. The van der Waals surface area contributed by atoms with Crippen LogP contribution in [-0.2, 0) is 0 Å². The van der Waals surface area contributed by atoms with Gasteiger partial charge in [-0.1, -0.05) is 25.1 Å². The summed E-state index contributed by atoms with van der Waals surface area (Å²) in [7, 11) is 0. The summed E-state index contributed by atoms with van der Waals surface area (Å²) in [6, 6.07) is 8.26. The number of fused-ring (bicyclic) bond motifs is 1. The summed E-state index contributed by atoms with van der Waals surface area (Å²) in [5.41, 5.74) is 2.11. The molecule has 4 nitrogen and oxygen atoms in total. The van der Waals surface area contributed by atoms with E-state index in [2.05, 4.69) is 53.4 Å². The molecular formula is C16H19N3O. The Labute approximate surface area is 118 Å². The maximum absolute atomic E-state index is 6.06. The van der Waals surface area contributed by atoms with Crippen LogP contribution < -0.4 is 5.32 Å². The van der Waals surface area contributed by atoms with E-state index < -0.39 is 0 Å². The molecule has 0 fully saturated rings. The van der Waals surface area contributed by atoms with Crippen LogP contribution in [0.25, 0.3) is 11.0 Å². The Morgan fingerprint density at radius 3 is 3.00 bits per heavy atom. The lowest BCUT2D eigenvalue weighted by Crippen LogP contribution is -2.23. The van der Waals surface area contributed by atoms with E-state index in [0.717, 1.165) is 41.1 Å². The van der Waals surface area contributed by atoms with Gasteiger partial charge in [-0.15, -0.1) is 0 Å². The fourth-order valence-electron chi connectivity index (χ4n) is 2.43. The molecule has 0 amide bonds. The first-order valence-electron chi connectivity index (χ1n) is 7.01. The van der Waals surface area contributed by atoms with Crippen LogP contribution in [0.3, 0.4) is 0 Å². The fraction of sp³-hybridized carbons (Fsp3) is 0.312. The lowest BCUT2D eigenvalue weighted by atomic mass is 10.1. The largest absolute Gasteiger partial charge is 0.459 e. The Balaban J connectivity index is 2.02. The fourth-order valence-corrected chi connectivity index (χ4v) is 2.43. The Morgan fingerprint density at radius 1 is 1.40 bits per heavy atom. The molecule has 1 atom stereocenters. The predicted molar refractivity (Wildman–Crippen MR) is 79.7 cm³/mol. The lowest BCUT2D eigenvalue weighted by molar-refractivity contribution is 0.458. The molecule has 2 aromatic heterocycles. The second-order valence-corrected chi connectivity index (χ2v) is 5.00. The Morgan fingerprint density at radius 2 is 2.30 bits per heavy atom. The molecule has 0 bridgehead atoms. The SMILES string of the molecule is CCCNC(c1ncc[nH]1)c1cc2cccc(C)c2o1. The number of nitrogens with one attached hydrogen (secondary N) is 2. The molecule has 0 spiro atoms. The maximum atomic E-state index is 6.06. The predicted octanol–water partition coefficient (Wildman–Crippen LogP) is 3.55. The van der Waals surface area contributed by atoms with Crippen molar-refractivity contribution in [3.05, 3.63) is 53.8 Å². The van der Waals surface area contributed by atoms with E-state index in [4.69, 9.17) is 4.42 Å². The number of hydrogen-bond acceptors (Lipinski definition) is 3. The summed E-state index contributed by atoms with van der Waals surface area (Å²) >= 11 is 0. The van der Waals surface area contributed by atoms with Gasteiger partial charge in [-0.25, -0.2) is 4.98 Å². The van der Waals surface area contributed by atoms with Gasteiger partial charge >= 0.3 is 0 Å². The average Bonchev–Trinajstić information content (AvgIpc) is 3.09. The molecule has 4 heteroatoms. The van der Waals surface area contributed by atoms with Crippen LogP contribution in [0.15, 0.2) is 41.1 Å². The second kappa shape index (κ2) is 5.51. The van der Waals surface area contributed by atoms with Crippen LogP contribution in [0.2, 0.25) is 0 Å². The highest BCUT2D eigenvalue weighted by atomic mass is 16.3. The molecule has 2 N–H and O–H groups in total. The summed E-state index contributed by atoms with van der Waals surface area (Å²) < 4.78 is 6.06. The van der Waals surface area contributed by atoms with E-state index in [9.17, 15) is 0 Å². The lowest BCUT2D eigenvalue weighted by Gasteiger charge is -2.13. The van der Waals surface area contributed by atoms with Gasteiger partial charge < -0.3 is 14.7 Å². The van der Waals surface area contributed by atoms with Gasteiger partial charge in [0.05, 0.1) is 0 Å². The van der Waals surface area contributed by atoms with Crippen molar-refractivity contribution in [1.82, 2.24) is 15.3 Å². The van der Waals surface area contributed by atoms with Crippen molar-refractivity contribution < 1.29 is 4.42 Å². The molecule has 3 aromatic rings. The minimum Gasteiger partial charge on any atom is -0.459 e. The highest BCUT2D eigenvalue weighted by Crippen LogP contribution is 2.28. The van der Waals surface area contributed by atoms with Crippen molar-refractivity contribution in [3.8, 4) is 0 Å². The quantitative estimate of drug-likeness (QED) is 0.744. The first-order chi connectivity index (χ1) is 9.79. The minimum atomic E-state index is -0.0308. The Hall–Kier alpha value is -2.07. The molecule has 1 aromatic carbocycles. The number of imidazole rings is 1.